The Morgan fingerprint density at radius 3 is 2.76 bits per heavy atom. The van der Waals surface area contributed by atoms with E-state index >= 15 is 0 Å². The summed E-state index contributed by atoms with van der Waals surface area (Å²) in [5.41, 5.74) is 2.26. The number of non-ortho nitro benzene ring substituents is 1. The molecular formula is C19H19N3O3. The topological polar surface area (TPSA) is 96.0 Å². The molecule has 128 valence electrons. The van der Waals surface area contributed by atoms with Gasteiger partial charge in [0.25, 0.3) is 5.69 Å². The van der Waals surface area contributed by atoms with E-state index in [0.717, 1.165) is 5.70 Å². The molecule has 0 aromatic heterocycles. The van der Waals surface area contributed by atoms with Gasteiger partial charge >= 0.3 is 0 Å². The predicted octanol–water partition coefficient (Wildman–Crippen LogP) is 3.58. The summed E-state index contributed by atoms with van der Waals surface area (Å²) >= 11 is 0. The summed E-state index contributed by atoms with van der Waals surface area (Å²) in [4.78, 5) is 23.5. The average Bonchev–Trinajstić information content (AvgIpc) is 2.52. The van der Waals surface area contributed by atoms with Gasteiger partial charge in [0.05, 0.1) is 16.9 Å². The van der Waals surface area contributed by atoms with Crippen LogP contribution in [-0.4, -0.2) is 10.7 Å². The number of nitriles is 1. The third-order valence-electron chi connectivity index (χ3n) is 4.83. The van der Waals surface area contributed by atoms with Crippen molar-refractivity contribution < 1.29 is 9.72 Å². The van der Waals surface area contributed by atoms with Crippen LogP contribution in [0.5, 0.6) is 0 Å². The molecule has 0 saturated carbocycles. The zero-order valence-electron chi connectivity index (χ0n) is 14.2. The minimum Gasteiger partial charge on any atom is -0.361 e. The summed E-state index contributed by atoms with van der Waals surface area (Å²) in [6, 6.07) is 8.38. The Kier molecular flexibility index (Phi) is 3.96. The van der Waals surface area contributed by atoms with Gasteiger partial charge in [-0.3, -0.25) is 14.9 Å². The number of nitrogens with zero attached hydrogens (tertiary/aromatic N) is 2. The lowest BCUT2D eigenvalue weighted by Gasteiger charge is -2.41. The lowest BCUT2D eigenvalue weighted by molar-refractivity contribution is -0.384. The van der Waals surface area contributed by atoms with E-state index in [-0.39, 0.29) is 16.9 Å². The Morgan fingerprint density at radius 1 is 1.40 bits per heavy atom. The molecule has 0 saturated heterocycles. The van der Waals surface area contributed by atoms with E-state index in [4.69, 9.17) is 0 Å². The van der Waals surface area contributed by atoms with Crippen LogP contribution in [0, 0.1) is 32.8 Å². The van der Waals surface area contributed by atoms with Crippen LogP contribution in [0.3, 0.4) is 0 Å². The zero-order valence-corrected chi connectivity index (χ0v) is 14.2. The van der Waals surface area contributed by atoms with E-state index in [1.165, 1.54) is 12.1 Å². The number of nitro groups is 1. The number of hydrogen-bond donors (Lipinski definition) is 1. The molecule has 0 amide bonds. The molecule has 6 nitrogen and oxygen atoms in total. The van der Waals surface area contributed by atoms with Gasteiger partial charge in [-0.15, -0.1) is 0 Å². The van der Waals surface area contributed by atoms with Crippen LogP contribution < -0.4 is 5.32 Å². The van der Waals surface area contributed by atoms with E-state index < -0.39 is 16.8 Å². The largest absolute Gasteiger partial charge is 0.361 e. The molecule has 1 aliphatic heterocycles. The summed E-state index contributed by atoms with van der Waals surface area (Å²) in [7, 11) is 0. The van der Waals surface area contributed by atoms with Gasteiger partial charge in [0.1, 0.15) is 0 Å². The average molecular weight is 337 g/mol. The Balaban J connectivity index is 2.18. The molecule has 1 heterocycles. The lowest BCUT2D eigenvalue weighted by atomic mass is 9.67. The standard InChI is InChI=1S/C19H19N3O3/c1-11-14(10-20)17(12-5-4-6-13(7-12)22(24)25)18-15(21-11)8-19(2,3)9-16(18)23/h4-7,14,17,21H,1,8-9H2,2-3H3. The van der Waals surface area contributed by atoms with Crippen molar-refractivity contribution in [2.75, 3.05) is 0 Å². The van der Waals surface area contributed by atoms with Crippen LogP contribution in [0.1, 0.15) is 38.2 Å². The SMILES string of the molecule is C=C1NC2=C(C(=O)CC(C)(C)C2)C(c2cccc([N+](=O)[O-])c2)C1C#N. The molecule has 1 aliphatic carbocycles. The van der Waals surface area contributed by atoms with Crippen LogP contribution in [0.2, 0.25) is 0 Å². The van der Waals surface area contributed by atoms with Crippen molar-refractivity contribution in [3.05, 3.63) is 63.5 Å². The Hall–Kier alpha value is -2.94. The Labute approximate surface area is 146 Å². The van der Waals surface area contributed by atoms with Crippen molar-refractivity contribution in [1.82, 2.24) is 5.32 Å². The van der Waals surface area contributed by atoms with Gasteiger partial charge in [-0.1, -0.05) is 32.6 Å². The summed E-state index contributed by atoms with van der Waals surface area (Å²) in [5, 5.41) is 23.9. The number of allylic oxidation sites excluding steroid dienone is 3. The maximum Gasteiger partial charge on any atom is 0.269 e. The molecule has 0 spiro atoms. The molecule has 0 bridgehead atoms. The van der Waals surface area contributed by atoms with Gasteiger partial charge in [-0.25, -0.2) is 0 Å². The molecule has 25 heavy (non-hydrogen) atoms. The third kappa shape index (κ3) is 2.93. The summed E-state index contributed by atoms with van der Waals surface area (Å²) in [5.74, 6) is -1.19. The molecule has 2 atom stereocenters. The van der Waals surface area contributed by atoms with Crippen LogP contribution in [0.15, 0.2) is 47.8 Å². The van der Waals surface area contributed by atoms with Crippen molar-refractivity contribution in [1.29, 1.82) is 5.26 Å². The number of hydrogen-bond acceptors (Lipinski definition) is 5. The number of carbonyl (C=O) groups is 1. The van der Waals surface area contributed by atoms with E-state index in [0.29, 0.717) is 29.7 Å². The van der Waals surface area contributed by atoms with Crippen LogP contribution in [0.25, 0.3) is 0 Å². The van der Waals surface area contributed by atoms with Crippen molar-refractivity contribution >= 4 is 11.5 Å². The molecule has 1 N–H and O–H groups in total. The fourth-order valence-electron chi connectivity index (χ4n) is 3.79. The summed E-state index contributed by atoms with van der Waals surface area (Å²) in [6.45, 7) is 8.00. The molecule has 2 unspecified atom stereocenters. The molecule has 1 aromatic rings. The second kappa shape index (κ2) is 5.85. The normalized spacial score (nSPS) is 25.0. The van der Waals surface area contributed by atoms with Crippen molar-refractivity contribution in [2.24, 2.45) is 11.3 Å². The fourth-order valence-corrected chi connectivity index (χ4v) is 3.79. The zero-order chi connectivity index (χ0) is 18.4. The first-order chi connectivity index (χ1) is 11.7. The third-order valence-corrected chi connectivity index (χ3v) is 4.83. The minimum absolute atomic E-state index is 0.0111. The smallest absolute Gasteiger partial charge is 0.269 e. The van der Waals surface area contributed by atoms with Crippen molar-refractivity contribution in [3.8, 4) is 6.07 Å². The lowest BCUT2D eigenvalue weighted by Crippen LogP contribution is -2.40. The van der Waals surface area contributed by atoms with Gasteiger partial charge < -0.3 is 5.32 Å². The molecule has 0 radical (unpaired) electrons. The maximum absolute atomic E-state index is 12.8. The predicted molar refractivity (Wildman–Crippen MR) is 92.3 cm³/mol. The van der Waals surface area contributed by atoms with Gasteiger partial charge in [0, 0.05) is 41.4 Å². The number of carbonyl (C=O) groups excluding carboxylic acids is 1. The highest BCUT2D eigenvalue weighted by Gasteiger charge is 2.44. The molecule has 1 aromatic carbocycles. The summed E-state index contributed by atoms with van der Waals surface area (Å²) in [6.07, 6.45) is 1.07. The van der Waals surface area contributed by atoms with Gasteiger partial charge in [-0.05, 0) is 17.4 Å². The second-order valence-corrected chi connectivity index (χ2v) is 7.42. The molecular weight excluding hydrogens is 318 g/mol. The molecule has 2 aliphatic rings. The van der Waals surface area contributed by atoms with Gasteiger partial charge in [0.2, 0.25) is 0 Å². The number of nitro benzene ring substituents is 1. The second-order valence-electron chi connectivity index (χ2n) is 7.42. The van der Waals surface area contributed by atoms with E-state index in [9.17, 15) is 20.2 Å². The monoisotopic (exact) mass is 337 g/mol. The van der Waals surface area contributed by atoms with Crippen molar-refractivity contribution in [2.45, 2.75) is 32.6 Å². The van der Waals surface area contributed by atoms with E-state index in [2.05, 4.69) is 18.0 Å². The number of rotatable bonds is 2. The highest BCUT2D eigenvalue weighted by molar-refractivity contribution is 5.99. The van der Waals surface area contributed by atoms with Crippen LogP contribution in [-0.2, 0) is 4.79 Å². The first kappa shape index (κ1) is 16.9. The molecule has 6 heteroatoms. The van der Waals surface area contributed by atoms with Gasteiger partial charge in [0.15, 0.2) is 5.78 Å². The van der Waals surface area contributed by atoms with Crippen molar-refractivity contribution in [3.63, 3.8) is 0 Å². The Bertz CT molecular complexity index is 861. The maximum atomic E-state index is 12.8. The Morgan fingerprint density at radius 2 is 2.12 bits per heavy atom. The van der Waals surface area contributed by atoms with Crippen LogP contribution >= 0.6 is 0 Å². The number of benzene rings is 1. The first-order valence-corrected chi connectivity index (χ1v) is 8.09. The molecule has 0 fully saturated rings. The number of nitrogens with one attached hydrogen (secondary N) is 1. The minimum atomic E-state index is -0.647. The highest BCUT2D eigenvalue weighted by Crippen LogP contribution is 2.47. The van der Waals surface area contributed by atoms with E-state index in [1.54, 1.807) is 12.1 Å². The molecule has 3 rings (SSSR count). The van der Waals surface area contributed by atoms with E-state index in [1.807, 2.05) is 13.8 Å². The quantitative estimate of drug-likeness (QED) is 0.657. The van der Waals surface area contributed by atoms with Crippen LogP contribution in [0.4, 0.5) is 5.69 Å². The first-order valence-electron chi connectivity index (χ1n) is 8.09. The number of Topliss-reactive ketones (excluding diaryl/α,β-unsaturated/α-hetero) is 1. The summed E-state index contributed by atoms with van der Waals surface area (Å²) < 4.78 is 0. The van der Waals surface area contributed by atoms with Gasteiger partial charge in [-0.2, -0.15) is 5.26 Å². The fraction of sp³-hybridized carbons (Fsp3) is 0.368. The number of ketones is 1. The highest BCUT2D eigenvalue weighted by atomic mass is 16.6.